The molecule has 0 atom stereocenters. The molecule has 0 unspecified atom stereocenters. The molecule has 0 radical (unpaired) electrons. The molecule has 0 N–H and O–H groups in total. The van der Waals surface area contributed by atoms with Crippen molar-refractivity contribution in [3.63, 3.8) is 0 Å². The largest absolute Gasteiger partial charge is 0.456 e. The number of hydrogen-bond donors (Lipinski definition) is 0. The van der Waals surface area contributed by atoms with Crippen LogP contribution in [0.25, 0.3) is 98.8 Å². The molecule has 9 aromatic carbocycles. The maximum atomic E-state index is 6.21. The highest BCUT2D eigenvalue weighted by Crippen LogP contribution is 2.46. The molecule has 0 bridgehead atoms. The standard InChI is InChI=1S/C48H30O/c1-2-13-34-30-35(29-24-31(34)12-1)36-14-3-4-15-38(36)47-41-18-7-5-16-39(41)46(40-17-6-8-19-42(40)47)33-27-25-32(26-28-33)37-21-11-23-45-48(37)43-20-9-10-22-44(43)49-45/h1-30H. The zero-order chi connectivity index (χ0) is 32.3. The highest BCUT2D eigenvalue weighted by atomic mass is 16.3. The van der Waals surface area contributed by atoms with E-state index in [2.05, 4.69) is 170 Å². The maximum Gasteiger partial charge on any atom is 0.136 e. The van der Waals surface area contributed by atoms with Gasteiger partial charge in [-0.25, -0.2) is 0 Å². The van der Waals surface area contributed by atoms with E-state index in [1.165, 1.54) is 76.8 Å². The summed E-state index contributed by atoms with van der Waals surface area (Å²) in [6.07, 6.45) is 0. The lowest BCUT2D eigenvalue weighted by Crippen LogP contribution is -1.93. The van der Waals surface area contributed by atoms with E-state index in [0.717, 1.165) is 21.9 Å². The molecule has 228 valence electrons. The summed E-state index contributed by atoms with van der Waals surface area (Å²) in [5.41, 5.74) is 11.6. The third-order valence-electron chi connectivity index (χ3n) is 10.1. The molecule has 0 spiro atoms. The van der Waals surface area contributed by atoms with Crippen LogP contribution in [0, 0.1) is 0 Å². The fraction of sp³-hybridized carbons (Fsp3) is 0. The number of furan rings is 1. The Morgan fingerprint density at radius 2 is 0.796 bits per heavy atom. The van der Waals surface area contributed by atoms with Gasteiger partial charge in [-0.15, -0.1) is 0 Å². The molecule has 1 nitrogen and oxygen atoms in total. The van der Waals surface area contributed by atoms with Gasteiger partial charge in [-0.05, 0) is 95.0 Å². The normalized spacial score (nSPS) is 11.7. The monoisotopic (exact) mass is 622 g/mol. The smallest absolute Gasteiger partial charge is 0.136 e. The molecule has 1 heteroatoms. The van der Waals surface area contributed by atoms with Gasteiger partial charge in [-0.1, -0.05) is 164 Å². The summed E-state index contributed by atoms with van der Waals surface area (Å²) in [7, 11) is 0. The maximum absolute atomic E-state index is 6.21. The molecule has 49 heavy (non-hydrogen) atoms. The van der Waals surface area contributed by atoms with Crippen molar-refractivity contribution >= 4 is 54.3 Å². The number of hydrogen-bond acceptors (Lipinski definition) is 1. The summed E-state index contributed by atoms with van der Waals surface area (Å²) in [5, 5.41) is 9.82. The van der Waals surface area contributed by atoms with Gasteiger partial charge in [0.2, 0.25) is 0 Å². The first-order chi connectivity index (χ1) is 24.3. The van der Waals surface area contributed by atoms with Gasteiger partial charge in [0.15, 0.2) is 0 Å². The minimum absolute atomic E-state index is 0.916. The number of rotatable bonds is 4. The predicted molar refractivity (Wildman–Crippen MR) is 208 cm³/mol. The van der Waals surface area contributed by atoms with Crippen LogP contribution in [0.3, 0.4) is 0 Å². The van der Waals surface area contributed by atoms with E-state index in [1.54, 1.807) is 0 Å². The first-order valence-electron chi connectivity index (χ1n) is 16.8. The molecule has 0 saturated carbocycles. The summed E-state index contributed by atoms with van der Waals surface area (Å²) >= 11 is 0. The van der Waals surface area contributed by atoms with Crippen LogP contribution in [0.2, 0.25) is 0 Å². The average molecular weight is 623 g/mol. The van der Waals surface area contributed by atoms with Crippen LogP contribution < -0.4 is 0 Å². The quantitative estimate of drug-likeness (QED) is 0.178. The molecule has 10 aromatic rings. The van der Waals surface area contributed by atoms with Crippen LogP contribution in [0.5, 0.6) is 0 Å². The molecule has 0 aliphatic carbocycles. The lowest BCUT2D eigenvalue weighted by atomic mass is 9.83. The lowest BCUT2D eigenvalue weighted by Gasteiger charge is -2.20. The Hall–Kier alpha value is -6.44. The fourth-order valence-electron chi connectivity index (χ4n) is 7.87. The van der Waals surface area contributed by atoms with Crippen LogP contribution >= 0.6 is 0 Å². The van der Waals surface area contributed by atoms with Gasteiger partial charge in [0.05, 0.1) is 0 Å². The van der Waals surface area contributed by atoms with E-state index in [0.29, 0.717) is 0 Å². The zero-order valence-corrected chi connectivity index (χ0v) is 26.7. The van der Waals surface area contributed by atoms with Crippen molar-refractivity contribution in [2.24, 2.45) is 0 Å². The van der Waals surface area contributed by atoms with E-state index in [-0.39, 0.29) is 0 Å². The van der Waals surface area contributed by atoms with Crippen LogP contribution in [-0.4, -0.2) is 0 Å². The topological polar surface area (TPSA) is 13.1 Å². The second kappa shape index (κ2) is 11.1. The van der Waals surface area contributed by atoms with Gasteiger partial charge >= 0.3 is 0 Å². The SMILES string of the molecule is c1ccc(-c2c3ccccc3c(-c3ccc(-c4cccc5oc6ccccc6c45)cc3)c3ccccc23)c(-c2ccc3ccccc3c2)c1. The van der Waals surface area contributed by atoms with Gasteiger partial charge in [-0.2, -0.15) is 0 Å². The molecule has 10 rings (SSSR count). The first-order valence-corrected chi connectivity index (χ1v) is 16.8. The minimum atomic E-state index is 0.916. The Morgan fingerprint density at radius 3 is 1.53 bits per heavy atom. The van der Waals surface area contributed by atoms with E-state index in [9.17, 15) is 0 Å². The van der Waals surface area contributed by atoms with E-state index in [4.69, 9.17) is 4.42 Å². The predicted octanol–water partition coefficient (Wildman–Crippen LogP) is 13.7. The molecule has 0 fully saturated rings. The van der Waals surface area contributed by atoms with Crippen molar-refractivity contribution in [3.8, 4) is 44.5 Å². The Bertz CT molecular complexity index is 2810. The van der Waals surface area contributed by atoms with Crippen molar-refractivity contribution in [1.29, 1.82) is 0 Å². The van der Waals surface area contributed by atoms with E-state index >= 15 is 0 Å². The van der Waals surface area contributed by atoms with Crippen LogP contribution in [0.1, 0.15) is 0 Å². The van der Waals surface area contributed by atoms with Gasteiger partial charge < -0.3 is 4.42 Å². The van der Waals surface area contributed by atoms with Gasteiger partial charge in [0.25, 0.3) is 0 Å². The van der Waals surface area contributed by atoms with Gasteiger partial charge in [-0.3, -0.25) is 0 Å². The molecule has 0 amide bonds. The summed E-state index contributed by atoms with van der Waals surface area (Å²) in [5.74, 6) is 0. The van der Waals surface area contributed by atoms with E-state index in [1.807, 2.05) is 12.1 Å². The third-order valence-corrected chi connectivity index (χ3v) is 10.1. The second-order valence-electron chi connectivity index (χ2n) is 12.8. The van der Waals surface area contributed by atoms with Gasteiger partial charge in [0.1, 0.15) is 11.2 Å². The first kappa shape index (κ1) is 27.7. The van der Waals surface area contributed by atoms with E-state index < -0.39 is 0 Å². The number of benzene rings is 9. The van der Waals surface area contributed by atoms with Crippen LogP contribution in [0.15, 0.2) is 186 Å². The third kappa shape index (κ3) is 4.40. The van der Waals surface area contributed by atoms with Crippen molar-refractivity contribution in [2.45, 2.75) is 0 Å². The molecule has 0 saturated heterocycles. The highest BCUT2D eigenvalue weighted by Gasteiger charge is 2.19. The Labute approximate surface area is 284 Å². The molecule has 0 aliphatic rings. The van der Waals surface area contributed by atoms with Crippen molar-refractivity contribution in [2.75, 3.05) is 0 Å². The molecule has 0 aliphatic heterocycles. The summed E-state index contributed by atoms with van der Waals surface area (Å²) < 4.78 is 6.21. The summed E-state index contributed by atoms with van der Waals surface area (Å²) in [6, 6.07) is 65.8. The zero-order valence-electron chi connectivity index (χ0n) is 26.7. The fourth-order valence-corrected chi connectivity index (χ4v) is 7.87. The Kier molecular flexibility index (Phi) is 6.25. The molecule has 1 aromatic heterocycles. The Morgan fingerprint density at radius 1 is 0.286 bits per heavy atom. The van der Waals surface area contributed by atoms with Crippen LogP contribution in [0.4, 0.5) is 0 Å². The van der Waals surface area contributed by atoms with Gasteiger partial charge in [0, 0.05) is 10.8 Å². The molecular formula is C48H30O. The summed E-state index contributed by atoms with van der Waals surface area (Å²) in [4.78, 5) is 0. The molecule has 1 heterocycles. The lowest BCUT2D eigenvalue weighted by molar-refractivity contribution is 0.669. The average Bonchev–Trinajstić information content (AvgIpc) is 3.56. The Balaban J connectivity index is 1.18. The number of fused-ring (bicyclic) bond motifs is 6. The minimum Gasteiger partial charge on any atom is -0.456 e. The second-order valence-corrected chi connectivity index (χ2v) is 12.8. The highest BCUT2D eigenvalue weighted by molar-refractivity contribution is 6.22. The van der Waals surface area contributed by atoms with Crippen molar-refractivity contribution in [1.82, 2.24) is 0 Å². The van der Waals surface area contributed by atoms with Crippen molar-refractivity contribution in [3.05, 3.63) is 182 Å². The van der Waals surface area contributed by atoms with Crippen LogP contribution in [-0.2, 0) is 0 Å². The van der Waals surface area contributed by atoms with Crippen molar-refractivity contribution < 1.29 is 4.42 Å². The number of para-hydroxylation sites is 1. The summed E-state index contributed by atoms with van der Waals surface area (Å²) in [6.45, 7) is 0. The molecular weight excluding hydrogens is 593 g/mol.